The topological polar surface area (TPSA) is 106 Å². The highest BCUT2D eigenvalue weighted by molar-refractivity contribution is 5.79. The summed E-state index contributed by atoms with van der Waals surface area (Å²) in [6.07, 6.45) is -0.713. The van der Waals surface area contributed by atoms with Crippen LogP contribution in [-0.4, -0.2) is 28.3 Å². The molecule has 0 fully saturated rings. The van der Waals surface area contributed by atoms with Gasteiger partial charge in [0.1, 0.15) is 24.4 Å². The van der Waals surface area contributed by atoms with E-state index in [0.717, 1.165) is 11.1 Å². The number of carbonyl (C=O) groups is 2. The summed E-state index contributed by atoms with van der Waals surface area (Å²) < 4.78 is 17.3. The second-order valence-electron chi connectivity index (χ2n) is 9.90. The van der Waals surface area contributed by atoms with E-state index in [-0.39, 0.29) is 6.42 Å². The Morgan fingerprint density at radius 1 is 0.757 bits per heavy atom. The minimum atomic E-state index is -1.51. The van der Waals surface area contributed by atoms with Gasteiger partial charge in [0.2, 0.25) is 0 Å². The molecule has 3 aromatic rings. The van der Waals surface area contributed by atoms with Crippen molar-refractivity contribution in [1.29, 1.82) is 0 Å². The van der Waals surface area contributed by atoms with Gasteiger partial charge in [0.15, 0.2) is 11.5 Å². The molecule has 37 heavy (non-hydrogen) atoms. The Kier molecular flexibility index (Phi) is 9.14. The van der Waals surface area contributed by atoms with Crippen LogP contribution in [0.4, 0.5) is 4.79 Å². The highest BCUT2D eigenvalue weighted by atomic mass is 16.6. The zero-order chi connectivity index (χ0) is 26.9. The first-order valence-electron chi connectivity index (χ1n) is 12.0. The maximum Gasteiger partial charge on any atom is 0.422 e. The number of rotatable bonds is 11. The van der Waals surface area contributed by atoms with Gasteiger partial charge < -0.3 is 19.3 Å². The van der Waals surface area contributed by atoms with E-state index in [0.29, 0.717) is 30.3 Å². The maximum atomic E-state index is 12.1. The number of hydrogen-bond acceptors (Lipinski definition) is 6. The molecule has 1 unspecified atom stereocenters. The lowest BCUT2D eigenvalue weighted by atomic mass is 9.93. The Bertz CT molecular complexity index is 1180. The van der Waals surface area contributed by atoms with Gasteiger partial charge >= 0.3 is 12.1 Å². The van der Waals surface area contributed by atoms with Crippen molar-refractivity contribution in [2.24, 2.45) is 0 Å². The summed E-state index contributed by atoms with van der Waals surface area (Å²) in [5.41, 5.74) is 5.40. The number of carboxylic acid groups (broad SMARTS) is 1. The summed E-state index contributed by atoms with van der Waals surface area (Å²) in [5, 5.41) is 9.91. The molecule has 3 rings (SSSR count). The van der Waals surface area contributed by atoms with E-state index in [1.807, 2.05) is 60.7 Å². The molecular formula is C29H34N2O6. The normalized spacial score (nSPS) is 12.8. The standard InChI is InChI=1S/C29H34N2O6/c1-28(2,3)37-27(34)30-31-29(4,26(32)33)18-23-15-16-24(35-19-21-11-7-5-8-12-21)25(17-23)36-20-22-13-9-6-10-14-22/h5-17,31H,18-20H2,1-4H3,(H,30,34)(H,32,33). The van der Waals surface area contributed by atoms with Crippen molar-refractivity contribution >= 4 is 12.1 Å². The van der Waals surface area contributed by atoms with Gasteiger partial charge in [-0.1, -0.05) is 66.7 Å². The van der Waals surface area contributed by atoms with Gasteiger partial charge in [0.05, 0.1) is 0 Å². The lowest BCUT2D eigenvalue weighted by Crippen LogP contribution is -2.59. The predicted octanol–water partition coefficient (Wildman–Crippen LogP) is 5.26. The van der Waals surface area contributed by atoms with Crippen LogP contribution in [0.2, 0.25) is 0 Å². The molecule has 8 heteroatoms. The van der Waals surface area contributed by atoms with Crippen molar-refractivity contribution < 1.29 is 28.9 Å². The summed E-state index contributed by atoms with van der Waals surface area (Å²) in [6, 6.07) is 24.8. The molecule has 196 valence electrons. The van der Waals surface area contributed by atoms with Crippen molar-refractivity contribution in [3.05, 3.63) is 95.6 Å². The minimum absolute atomic E-state index is 0.0544. The van der Waals surface area contributed by atoms with E-state index in [4.69, 9.17) is 14.2 Å². The van der Waals surface area contributed by atoms with Gasteiger partial charge in [-0.05, 0) is 56.5 Å². The Balaban J connectivity index is 1.78. The summed E-state index contributed by atoms with van der Waals surface area (Å²) in [6.45, 7) is 7.33. The van der Waals surface area contributed by atoms with Crippen molar-refractivity contribution in [1.82, 2.24) is 10.9 Å². The van der Waals surface area contributed by atoms with Crippen molar-refractivity contribution in [3.63, 3.8) is 0 Å². The van der Waals surface area contributed by atoms with E-state index in [2.05, 4.69) is 10.9 Å². The second-order valence-corrected chi connectivity index (χ2v) is 9.90. The minimum Gasteiger partial charge on any atom is -0.485 e. The highest BCUT2D eigenvalue weighted by Crippen LogP contribution is 2.31. The number of amides is 1. The van der Waals surface area contributed by atoms with Gasteiger partial charge in [-0.15, -0.1) is 0 Å². The summed E-state index contributed by atoms with van der Waals surface area (Å²) in [7, 11) is 0. The first-order valence-corrected chi connectivity index (χ1v) is 12.0. The number of carbonyl (C=O) groups excluding carboxylic acids is 1. The third kappa shape index (κ3) is 8.84. The molecule has 1 atom stereocenters. The molecule has 3 N–H and O–H groups in total. The van der Waals surface area contributed by atoms with Gasteiger partial charge in [0.25, 0.3) is 0 Å². The quantitative estimate of drug-likeness (QED) is 0.305. The van der Waals surface area contributed by atoms with Crippen LogP contribution >= 0.6 is 0 Å². The van der Waals surface area contributed by atoms with E-state index in [9.17, 15) is 14.7 Å². The first-order chi connectivity index (χ1) is 17.5. The molecule has 0 aliphatic heterocycles. The van der Waals surface area contributed by atoms with Gasteiger partial charge in [-0.3, -0.25) is 10.2 Å². The maximum absolute atomic E-state index is 12.1. The third-order valence-electron chi connectivity index (χ3n) is 5.35. The number of hydrazine groups is 1. The third-order valence-corrected chi connectivity index (χ3v) is 5.35. The number of nitrogens with one attached hydrogen (secondary N) is 2. The zero-order valence-corrected chi connectivity index (χ0v) is 21.6. The predicted molar refractivity (Wildman–Crippen MR) is 140 cm³/mol. The molecule has 0 saturated carbocycles. The van der Waals surface area contributed by atoms with Crippen LogP contribution in [-0.2, 0) is 29.2 Å². The lowest BCUT2D eigenvalue weighted by Gasteiger charge is -2.28. The summed E-state index contributed by atoms with van der Waals surface area (Å²) in [4.78, 5) is 24.2. The molecule has 0 heterocycles. The van der Waals surface area contributed by atoms with Crippen LogP contribution in [0, 0.1) is 0 Å². The lowest BCUT2D eigenvalue weighted by molar-refractivity contribution is -0.144. The molecule has 8 nitrogen and oxygen atoms in total. The van der Waals surface area contributed by atoms with E-state index >= 15 is 0 Å². The van der Waals surface area contributed by atoms with Crippen LogP contribution < -0.4 is 20.3 Å². The fourth-order valence-corrected chi connectivity index (χ4v) is 3.44. The molecule has 0 radical (unpaired) electrons. The van der Waals surface area contributed by atoms with Crippen molar-refractivity contribution in [3.8, 4) is 11.5 Å². The van der Waals surface area contributed by atoms with Crippen LogP contribution in [0.25, 0.3) is 0 Å². The van der Waals surface area contributed by atoms with Crippen LogP contribution in [0.15, 0.2) is 78.9 Å². The largest absolute Gasteiger partial charge is 0.485 e. The zero-order valence-electron chi connectivity index (χ0n) is 21.6. The second kappa shape index (κ2) is 12.3. The molecule has 0 saturated heterocycles. The fourth-order valence-electron chi connectivity index (χ4n) is 3.44. The molecule has 0 spiro atoms. The van der Waals surface area contributed by atoms with Gasteiger partial charge in [-0.2, -0.15) is 0 Å². The molecule has 0 aliphatic rings. The summed E-state index contributed by atoms with van der Waals surface area (Å²) in [5.74, 6) is -0.106. The molecule has 3 aromatic carbocycles. The number of carboxylic acids is 1. The van der Waals surface area contributed by atoms with Gasteiger partial charge in [-0.25, -0.2) is 10.2 Å². The van der Waals surface area contributed by atoms with Crippen molar-refractivity contribution in [2.45, 2.75) is 58.5 Å². The Labute approximate surface area is 217 Å². The number of benzene rings is 3. The fraction of sp³-hybridized carbons (Fsp3) is 0.310. The average Bonchev–Trinajstić information content (AvgIpc) is 2.86. The molecule has 0 aromatic heterocycles. The Morgan fingerprint density at radius 2 is 1.30 bits per heavy atom. The molecule has 1 amide bonds. The van der Waals surface area contributed by atoms with Crippen LogP contribution in [0.5, 0.6) is 11.5 Å². The monoisotopic (exact) mass is 506 g/mol. The number of aliphatic carboxylic acids is 1. The molecule has 0 aliphatic carbocycles. The highest BCUT2D eigenvalue weighted by Gasteiger charge is 2.34. The van der Waals surface area contributed by atoms with Crippen LogP contribution in [0.1, 0.15) is 44.4 Å². The van der Waals surface area contributed by atoms with E-state index in [1.54, 1.807) is 39.0 Å². The smallest absolute Gasteiger partial charge is 0.422 e. The molecular weight excluding hydrogens is 472 g/mol. The van der Waals surface area contributed by atoms with Crippen LogP contribution in [0.3, 0.4) is 0 Å². The summed E-state index contributed by atoms with van der Waals surface area (Å²) >= 11 is 0. The molecule has 0 bridgehead atoms. The van der Waals surface area contributed by atoms with E-state index < -0.39 is 23.2 Å². The first kappa shape index (κ1) is 27.5. The Morgan fingerprint density at radius 3 is 1.81 bits per heavy atom. The van der Waals surface area contributed by atoms with Gasteiger partial charge in [0, 0.05) is 6.42 Å². The SMILES string of the molecule is CC(C)(C)OC(=O)NNC(C)(Cc1ccc(OCc2ccccc2)c(OCc2ccccc2)c1)C(=O)O. The average molecular weight is 507 g/mol. The van der Waals surface area contributed by atoms with Crippen molar-refractivity contribution in [2.75, 3.05) is 0 Å². The van der Waals surface area contributed by atoms with E-state index in [1.165, 1.54) is 6.92 Å². The number of ether oxygens (including phenoxy) is 3. The Hall–Kier alpha value is -4.04. The number of hydrogen-bond donors (Lipinski definition) is 3.